The van der Waals surface area contributed by atoms with E-state index in [-0.39, 0.29) is 11.9 Å². The Morgan fingerprint density at radius 2 is 2.06 bits per heavy atom. The van der Waals surface area contributed by atoms with E-state index in [1.54, 1.807) is 31.2 Å². The summed E-state index contributed by atoms with van der Waals surface area (Å²) in [5.74, 6) is 0.0110. The molecule has 18 heavy (non-hydrogen) atoms. The quantitative estimate of drug-likeness (QED) is 0.833. The average Bonchev–Trinajstić information content (AvgIpc) is 2.77. The molecule has 1 aromatic rings. The van der Waals surface area contributed by atoms with Gasteiger partial charge in [0.25, 0.3) is 0 Å². The number of nitrogens with zero attached hydrogens (tertiary/aromatic N) is 1. The number of benzene rings is 1. The Bertz CT molecular complexity index is 557. The van der Waals surface area contributed by atoms with Crippen molar-refractivity contribution in [3.8, 4) is 6.07 Å². The molecule has 1 aromatic carbocycles. The van der Waals surface area contributed by atoms with E-state index in [2.05, 4.69) is 0 Å². The van der Waals surface area contributed by atoms with Crippen LogP contribution in [-0.4, -0.2) is 26.4 Å². The molecule has 1 heterocycles. The zero-order chi connectivity index (χ0) is 13.2. The molecular weight excluding hydrogens is 250 g/mol. The van der Waals surface area contributed by atoms with Gasteiger partial charge in [0.1, 0.15) is 0 Å². The molecule has 0 N–H and O–H groups in total. The van der Waals surface area contributed by atoms with Crippen LogP contribution in [0.15, 0.2) is 24.3 Å². The Morgan fingerprint density at radius 1 is 1.39 bits per heavy atom. The van der Waals surface area contributed by atoms with E-state index in [1.165, 1.54) is 0 Å². The largest absolute Gasteiger partial charge is 0.377 e. The van der Waals surface area contributed by atoms with Gasteiger partial charge in [-0.2, -0.15) is 5.26 Å². The van der Waals surface area contributed by atoms with Gasteiger partial charge in [0, 0.05) is 6.61 Å². The van der Waals surface area contributed by atoms with Crippen LogP contribution in [0, 0.1) is 11.3 Å². The summed E-state index contributed by atoms with van der Waals surface area (Å²) in [4.78, 5) is 0. The molecule has 96 valence electrons. The van der Waals surface area contributed by atoms with Gasteiger partial charge in [-0.1, -0.05) is 12.1 Å². The smallest absolute Gasteiger partial charge is 0.159 e. The van der Waals surface area contributed by atoms with Crippen LogP contribution in [0.2, 0.25) is 0 Å². The molecule has 2 atom stereocenters. The van der Waals surface area contributed by atoms with Gasteiger partial charge in [0.15, 0.2) is 9.84 Å². The molecule has 2 rings (SSSR count). The standard InChI is InChI=1S/C13H15NO3S/c1-10-13(6-7-17-10)18(15,16)9-12-4-2-11(8-14)3-5-12/h2-5,10,13H,6-7,9H2,1H3. The molecule has 1 aliphatic heterocycles. The lowest BCUT2D eigenvalue weighted by atomic mass is 10.2. The van der Waals surface area contributed by atoms with E-state index in [0.717, 1.165) is 0 Å². The van der Waals surface area contributed by atoms with E-state index in [4.69, 9.17) is 10.00 Å². The lowest BCUT2D eigenvalue weighted by Crippen LogP contribution is -2.29. The van der Waals surface area contributed by atoms with Crippen molar-refractivity contribution in [3.05, 3.63) is 35.4 Å². The molecule has 0 aromatic heterocycles. The predicted octanol–water partition coefficient (Wildman–Crippen LogP) is 1.65. The Labute approximate surface area is 107 Å². The van der Waals surface area contributed by atoms with Gasteiger partial charge < -0.3 is 4.74 Å². The number of hydrogen-bond acceptors (Lipinski definition) is 4. The number of nitriles is 1. The Hall–Kier alpha value is -1.38. The van der Waals surface area contributed by atoms with Gasteiger partial charge in [0.2, 0.25) is 0 Å². The Balaban J connectivity index is 2.14. The third kappa shape index (κ3) is 2.71. The van der Waals surface area contributed by atoms with Crippen LogP contribution in [0.25, 0.3) is 0 Å². The summed E-state index contributed by atoms with van der Waals surface area (Å²) in [6.45, 7) is 2.31. The van der Waals surface area contributed by atoms with Gasteiger partial charge in [-0.25, -0.2) is 8.42 Å². The number of rotatable bonds is 3. The van der Waals surface area contributed by atoms with Crippen molar-refractivity contribution in [1.82, 2.24) is 0 Å². The van der Waals surface area contributed by atoms with E-state index in [9.17, 15) is 8.42 Å². The zero-order valence-corrected chi connectivity index (χ0v) is 11.0. The highest BCUT2D eigenvalue weighted by atomic mass is 32.2. The first kappa shape index (κ1) is 13.1. The summed E-state index contributed by atoms with van der Waals surface area (Å²) in [5.41, 5.74) is 1.25. The molecular formula is C13H15NO3S. The highest BCUT2D eigenvalue weighted by Crippen LogP contribution is 2.24. The second-order valence-electron chi connectivity index (χ2n) is 4.52. The van der Waals surface area contributed by atoms with Crippen LogP contribution < -0.4 is 0 Å². The third-order valence-corrected chi connectivity index (χ3v) is 5.50. The fourth-order valence-corrected chi connectivity index (χ4v) is 4.19. The molecule has 1 aliphatic rings. The van der Waals surface area contributed by atoms with E-state index in [0.29, 0.717) is 24.2 Å². The molecule has 5 heteroatoms. The molecule has 0 aliphatic carbocycles. The van der Waals surface area contributed by atoms with Crippen LogP contribution in [0.4, 0.5) is 0 Å². The number of sulfone groups is 1. The average molecular weight is 265 g/mol. The van der Waals surface area contributed by atoms with E-state index < -0.39 is 15.1 Å². The van der Waals surface area contributed by atoms with Gasteiger partial charge >= 0.3 is 0 Å². The molecule has 0 amide bonds. The fourth-order valence-electron chi connectivity index (χ4n) is 2.20. The van der Waals surface area contributed by atoms with Crippen molar-refractivity contribution in [2.75, 3.05) is 6.61 Å². The summed E-state index contributed by atoms with van der Waals surface area (Å²) in [5, 5.41) is 8.27. The highest BCUT2D eigenvalue weighted by molar-refractivity contribution is 7.91. The van der Waals surface area contributed by atoms with Gasteiger partial charge in [0.05, 0.1) is 28.7 Å². The van der Waals surface area contributed by atoms with Crippen LogP contribution in [0.1, 0.15) is 24.5 Å². The van der Waals surface area contributed by atoms with Crippen molar-refractivity contribution >= 4 is 9.84 Å². The van der Waals surface area contributed by atoms with Gasteiger partial charge in [-0.3, -0.25) is 0 Å². The Morgan fingerprint density at radius 3 is 2.56 bits per heavy atom. The van der Waals surface area contributed by atoms with Crippen LogP contribution in [0.5, 0.6) is 0 Å². The maximum absolute atomic E-state index is 12.2. The van der Waals surface area contributed by atoms with E-state index in [1.807, 2.05) is 6.07 Å². The minimum atomic E-state index is -3.19. The van der Waals surface area contributed by atoms with Crippen molar-refractivity contribution in [1.29, 1.82) is 5.26 Å². The normalized spacial score (nSPS) is 23.8. The minimum Gasteiger partial charge on any atom is -0.377 e. The van der Waals surface area contributed by atoms with Crippen LogP contribution in [0.3, 0.4) is 0 Å². The lowest BCUT2D eigenvalue weighted by molar-refractivity contribution is 0.126. The predicted molar refractivity (Wildman–Crippen MR) is 67.6 cm³/mol. The maximum atomic E-state index is 12.2. The maximum Gasteiger partial charge on any atom is 0.159 e. The SMILES string of the molecule is CC1OCCC1S(=O)(=O)Cc1ccc(C#N)cc1. The molecule has 4 nitrogen and oxygen atoms in total. The lowest BCUT2D eigenvalue weighted by Gasteiger charge is -2.14. The third-order valence-electron chi connectivity index (χ3n) is 3.22. The molecule has 1 saturated heterocycles. The summed E-state index contributed by atoms with van der Waals surface area (Å²) < 4.78 is 29.7. The van der Waals surface area contributed by atoms with Crippen LogP contribution in [-0.2, 0) is 20.3 Å². The van der Waals surface area contributed by atoms with Crippen molar-refractivity contribution in [2.45, 2.75) is 30.5 Å². The molecule has 0 radical (unpaired) electrons. The number of hydrogen-bond donors (Lipinski definition) is 0. The summed E-state index contributed by atoms with van der Waals surface area (Å²) >= 11 is 0. The molecule has 1 fully saturated rings. The molecule has 0 bridgehead atoms. The number of ether oxygens (including phenoxy) is 1. The summed E-state index contributed by atoms with van der Waals surface area (Å²) in [6, 6.07) is 8.67. The minimum absolute atomic E-state index is 0.0110. The van der Waals surface area contributed by atoms with Crippen molar-refractivity contribution < 1.29 is 13.2 Å². The topological polar surface area (TPSA) is 67.2 Å². The first-order valence-electron chi connectivity index (χ1n) is 5.85. The second kappa shape index (κ2) is 5.09. The van der Waals surface area contributed by atoms with Crippen molar-refractivity contribution in [2.24, 2.45) is 0 Å². The first-order chi connectivity index (χ1) is 8.53. The zero-order valence-electron chi connectivity index (χ0n) is 10.2. The fraction of sp³-hybridized carbons (Fsp3) is 0.462. The monoisotopic (exact) mass is 265 g/mol. The van der Waals surface area contributed by atoms with Crippen molar-refractivity contribution in [3.63, 3.8) is 0 Å². The Kier molecular flexibility index (Phi) is 3.69. The first-order valence-corrected chi connectivity index (χ1v) is 7.56. The summed E-state index contributed by atoms with van der Waals surface area (Å²) in [7, 11) is -3.19. The summed E-state index contributed by atoms with van der Waals surface area (Å²) in [6.07, 6.45) is 0.341. The van der Waals surface area contributed by atoms with E-state index >= 15 is 0 Å². The van der Waals surface area contributed by atoms with Crippen LogP contribution >= 0.6 is 0 Å². The molecule has 2 unspecified atom stereocenters. The highest BCUT2D eigenvalue weighted by Gasteiger charge is 2.35. The van der Waals surface area contributed by atoms with Gasteiger partial charge in [-0.15, -0.1) is 0 Å². The molecule has 0 saturated carbocycles. The van der Waals surface area contributed by atoms with Gasteiger partial charge in [-0.05, 0) is 31.0 Å². The second-order valence-corrected chi connectivity index (χ2v) is 6.74. The molecule has 0 spiro atoms.